The molecule has 146 valence electrons. The number of benzene rings is 1. The molecule has 7 heteroatoms. The van der Waals surface area contributed by atoms with Crippen molar-refractivity contribution >= 4 is 11.9 Å². The molecule has 0 radical (unpaired) electrons. The molecule has 0 aromatic heterocycles. The second-order valence-corrected chi connectivity index (χ2v) is 6.06. The minimum Gasteiger partial charge on any atom is -0.494 e. The molecule has 1 aromatic carbocycles. The first-order valence-corrected chi connectivity index (χ1v) is 8.81. The molecule has 0 atom stereocenters. The van der Waals surface area contributed by atoms with Crippen molar-refractivity contribution in [3.8, 4) is 11.5 Å². The number of methoxy groups -OCH3 is 1. The predicted octanol–water partition coefficient (Wildman–Crippen LogP) is 1.81. The Morgan fingerprint density at radius 3 is 2.12 bits per heavy atom. The van der Waals surface area contributed by atoms with Crippen LogP contribution in [0, 0.1) is 0 Å². The summed E-state index contributed by atoms with van der Waals surface area (Å²) in [6.45, 7) is 4.20. The van der Waals surface area contributed by atoms with Crippen molar-refractivity contribution in [2.24, 2.45) is 0 Å². The first kappa shape index (κ1) is 21.8. The van der Waals surface area contributed by atoms with Gasteiger partial charge in [-0.3, -0.25) is 9.59 Å². The lowest BCUT2D eigenvalue weighted by Crippen LogP contribution is -2.38. The van der Waals surface area contributed by atoms with Gasteiger partial charge in [0.15, 0.2) is 6.61 Å². The Bertz CT molecular complexity index is 545. The SMILES string of the molecule is CCOc1ccc(OCC(=O)N(CCCN(C)C)CCC(=O)OC)cc1. The summed E-state index contributed by atoms with van der Waals surface area (Å²) >= 11 is 0. The van der Waals surface area contributed by atoms with Crippen molar-refractivity contribution in [1.82, 2.24) is 9.80 Å². The van der Waals surface area contributed by atoms with Crippen LogP contribution in [0.15, 0.2) is 24.3 Å². The minimum absolute atomic E-state index is 0.0723. The molecule has 26 heavy (non-hydrogen) atoms. The lowest BCUT2D eigenvalue weighted by molar-refractivity contribution is -0.142. The number of ether oxygens (including phenoxy) is 3. The van der Waals surface area contributed by atoms with Gasteiger partial charge in [0.25, 0.3) is 5.91 Å². The van der Waals surface area contributed by atoms with Gasteiger partial charge >= 0.3 is 5.97 Å². The number of esters is 1. The predicted molar refractivity (Wildman–Crippen MR) is 99.5 cm³/mol. The molecular formula is C19H30N2O5. The Balaban J connectivity index is 2.54. The van der Waals surface area contributed by atoms with Crippen molar-refractivity contribution in [2.45, 2.75) is 19.8 Å². The largest absolute Gasteiger partial charge is 0.494 e. The molecule has 0 N–H and O–H groups in total. The third-order valence-electron chi connectivity index (χ3n) is 3.70. The minimum atomic E-state index is -0.331. The number of nitrogens with zero attached hydrogens (tertiary/aromatic N) is 2. The Kier molecular flexibility index (Phi) is 10.2. The van der Waals surface area contributed by atoms with E-state index < -0.39 is 0 Å². The van der Waals surface area contributed by atoms with Gasteiger partial charge in [-0.25, -0.2) is 0 Å². The zero-order chi connectivity index (χ0) is 19.4. The molecule has 1 rings (SSSR count). The molecular weight excluding hydrogens is 336 g/mol. The van der Waals surface area contributed by atoms with E-state index in [1.807, 2.05) is 21.0 Å². The summed E-state index contributed by atoms with van der Waals surface area (Å²) in [4.78, 5) is 27.5. The topological polar surface area (TPSA) is 68.3 Å². The number of carbonyl (C=O) groups excluding carboxylic acids is 2. The van der Waals surface area contributed by atoms with Crippen molar-refractivity contribution < 1.29 is 23.8 Å². The van der Waals surface area contributed by atoms with Crippen LogP contribution in [-0.4, -0.2) is 75.7 Å². The quantitative estimate of drug-likeness (QED) is 0.526. The highest BCUT2D eigenvalue weighted by molar-refractivity contribution is 5.78. The summed E-state index contributed by atoms with van der Waals surface area (Å²) in [5.41, 5.74) is 0. The first-order chi connectivity index (χ1) is 12.5. The molecule has 0 saturated carbocycles. The highest BCUT2D eigenvalue weighted by Gasteiger charge is 2.16. The summed E-state index contributed by atoms with van der Waals surface area (Å²) in [6, 6.07) is 7.14. The third kappa shape index (κ3) is 8.71. The number of carbonyl (C=O) groups is 2. The lowest BCUT2D eigenvalue weighted by Gasteiger charge is -2.23. The zero-order valence-electron chi connectivity index (χ0n) is 16.2. The van der Waals surface area contributed by atoms with Crippen molar-refractivity contribution in [3.63, 3.8) is 0 Å². The van der Waals surface area contributed by atoms with Crippen LogP contribution in [-0.2, 0) is 14.3 Å². The normalized spacial score (nSPS) is 10.5. The highest BCUT2D eigenvalue weighted by Crippen LogP contribution is 2.17. The van der Waals surface area contributed by atoms with E-state index in [2.05, 4.69) is 9.64 Å². The van der Waals surface area contributed by atoms with Crippen LogP contribution in [0.2, 0.25) is 0 Å². The van der Waals surface area contributed by atoms with E-state index in [1.165, 1.54) is 7.11 Å². The van der Waals surface area contributed by atoms with Crippen LogP contribution in [0.3, 0.4) is 0 Å². The van der Waals surface area contributed by atoms with Gasteiger partial charge in [0, 0.05) is 13.1 Å². The number of hydrogen-bond acceptors (Lipinski definition) is 6. The highest BCUT2D eigenvalue weighted by atomic mass is 16.5. The summed E-state index contributed by atoms with van der Waals surface area (Å²) in [7, 11) is 5.31. The lowest BCUT2D eigenvalue weighted by atomic mass is 10.3. The van der Waals surface area contributed by atoms with E-state index in [1.54, 1.807) is 29.2 Å². The number of amides is 1. The Labute approximate surface area is 155 Å². The molecule has 1 aromatic rings. The monoisotopic (exact) mass is 366 g/mol. The number of hydrogen-bond donors (Lipinski definition) is 0. The van der Waals surface area contributed by atoms with E-state index in [4.69, 9.17) is 9.47 Å². The van der Waals surface area contributed by atoms with Gasteiger partial charge in [-0.2, -0.15) is 0 Å². The molecule has 0 heterocycles. The standard InChI is InChI=1S/C19H30N2O5/c1-5-25-16-7-9-17(10-8-16)26-15-18(22)21(13-6-12-20(2)3)14-11-19(23)24-4/h7-10H,5-6,11-15H2,1-4H3. The van der Waals surface area contributed by atoms with Crippen molar-refractivity contribution in [1.29, 1.82) is 0 Å². The Hall–Kier alpha value is -2.28. The molecule has 0 spiro atoms. The maximum atomic E-state index is 12.5. The fourth-order valence-electron chi connectivity index (χ4n) is 2.30. The van der Waals surface area contributed by atoms with Gasteiger partial charge in [0.05, 0.1) is 20.1 Å². The third-order valence-corrected chi connectivity index (χ3v) is 3.70. The average Bonchev–Trinajstić information content (AvgIpc) is 2.63. The fourth-order valence-corrected chi connectivity index (χ4v) is 2.30. The van der Waals surface area contributed by atoms with Gasteiger partial charge in [-0.1, -0.05) is 0 Å². The van der Waals surface area contributed by atoms with Crippen LogP contribution in [0.5, 0.6) is 11.5 Å². The Morgan fingerprint density at radius 2 is 1.58 bits per heavy atom. The Morgan fingerprint density at radius 1 is 0.962 bits per heavy atom. The van der Waals surface area contributed by atoms with Gasteiger partial charge in [0.1, 0.15) is 11.5 Å². The van der Waals surface area contributed by atoms with E-state index in [0.29, 0.717) is 25.4 Å². The fraction of sp³-hybridized carbons (Fsp3) is 0.579. The summed E-state index contributed by atoms with van der Waals surface area (Å²) in [6.07, 6.45) is 0.996. The molecule has 0 bridgehead atoms. The van der Waals surface area contributed by atoms with Gasteiger partial charge < -0.3 is 24.0 Å². The molecule has 0 unspecified atom stereocenters. The molecule has 1 amide bonds. The second kappa shape index (κ2) is 12.1. The number of rotatable bonds is 12. The van der Waals surface area contributed by atoms with Gasteiger partial charge in [-0.05, 0) is 58.3 Å². The van der Waals surface area contributed by atoms with Crippen LogP contribution >= 0.6 is 0 Å². The van der Waals surface area contributed by atoms with E-state index in [9.17, 15) is 9.59 Å². The van der Waals surface area contributed by atoms with E-state index in [-0.39, 0.29) is 24.9 Å². The molecule has 0 aliphatic carbocycles. The van der Waals surface area contributed by atoms with Crippen LogP contribution < -0.4 is 9.47 Å². The second-order valence-electron chi connectivity index (χ2n) is 6.06. The summed E-state index contributed by atoms with van der Waals surface area (Å²) in [5.74, 6) is 0.877. The van der Waals surface area contributed by atoms with Crippen molar-refractivity contribution in [3.05, 3.63) is 24.3 Å². The van der Waals surface area contributed by atoms with E-state index in [0.717, 1.165) is 18.7 Å². The van der Waals surface area contributed by atoms with Crippen LogP contribution in [0.4, 0.5) is 0 Å². The summed E-state index contributed by atoms with van der Waals surface area (Å²) < 4.78 is 15.6. The maximum absolute atomic E-state index is 12.5. The molecule has 0 aliphatic rings. The van der Waals surface area contributed by atoms with Gasteiger partial charge in [0.2, 0.25) is 0 Å². The zero-order valence-corrected chi connectivity index (χ0v) is 16.2. The molecule has 7 nitrogen and oxygen atoms in total. The first-order valence-electron chi connectivity index (χ1n) is 8.81. The van der Waals surface area contributed by atoms with Crippen LogP contribution in [0.1, 0.15) is 19.8 Å². The van der Waals surface area contributed by atoms with E-state index >= 15 is 0 Å². The van der Waals surface area contributed by atoms with Crippen LogP contribution in [0.25, 0.3) is 0 Å². The maximum Gasteiger partial charge on any atom is 0.307 e. The molecule has 0 fully saturated rings. The van der Waals surface area contributed by atoms with Crippen molar-refractivity contribution in [2.75, 3.05) is 54.1 Å². The smallest absolute Gasteiger partial charge is 0.307 e. The summed E-state index contributed by atoms with van der Waals surface area (Å²) in [5, 5.41) is 0. The van der Waals surface area contributed by atoms with Gasteiger partial charge in [-0.15, -0.1) is 0 Å². The average molecular weight is 366 g/mol. The molecule has 0 saturated heterocycles. The molecule has 0 aliphatic heterocycles.